The fourth-order valence-corrected chi connectivity index (χ4v) is 7.25. The number of rotatable bonds is 8. The van der Waals surface area contributed by atoms with Crippen molar-refractivity contribution in [3.63, 3.8) is 0 Å². The zero-order valence-corrected chi connectivity index (χ0v) is 26.7. The third kappa shape index (κ3) is 5.35. The molecule has 2 atom stereocenters. The second-order valence-corrected chi connectivity index (χ2v) is 12.9. The van der Waals surface area contributed by atoms with Crippen molar-refractivity contribution in [3.8, 4) is 22.5 Å². The summed E-state index contributed by atoms with van der Waals surface area (Å²) in [5, 5.41) is 17.4. The SMILES string of the molecule is CCCCc1nc2ccc([C@@]3(C)C[C@@H]4c5ccccc5CCN4O3)cc2c(=O)n1Cc1ccc(-c2ccccc2-c2nn[nH]n2)cc1. The minimum atomic E-state index is -0.540. The number of hydroxylamine groups is 2. The predicted molar refractivity (Wildman–Crippen MR) is 181 cm³/mol. The zero-order valence-electron chi connectivity index (χ0n) is 26.7. The van der Waals surface area contributed by atoms with Crippen LogP contribution in [0.3, 0.4) is 0 Å². The Balaban J connectivity index is 1.13. The van der Waals surface area contributed by atoms with Gasteiger partial charge in [-0.2, -0.15) is 10.3 Å². The standard InChI is InChI=1S/C38H37N7O2/c1-3-4-13-35-39-33-19-18-28(38(2)23-34-30-11-6-5-9-26(30)20-21-45(34)47-38)22-32(33)37(46)44(35)24-25-14-16-27(17-15-25)29-10-7-8-12-31(29)36-40-42-43-41-36/h5-12,14-19,22,34H,3-4,13,20-21,23-24H2,1-2H3,(H,40,41,42,43)/t34-,38-/m1/s1. The molecule has 4 heterocycles. The van der Waals surface area contributed by atoms with Crippen LogP contribution in [0, 0.1) is 0 Å². The maximum atomic E-state index is 14.3. The second kappa shape index (κ2) is 12.0. The summed E-state index contributed by atoms with van der Waals surface area (Å²) in [5.74, 6) is 1.37. The van der Waals surface area contributed by atoms with Gasteiger partial charge in [0.15, 0.2) is 0 Å². The van der Waals surface area contributed by atoms with Crippen LogP contribution in [0.4, 0.5) is 0 Å². The van der Waals surface area contributed by atoms with Gasteiger partial charge in [0.05, 0.1) is 23.5 Å². The molecule has 1 saturated heterocycles. The van der Waals surface area contributed by atoms with Crippen molar-refractivity contribution < 1.29 is 4.84 Å². The van der Waals surface area contributed by atoms with Gasteiger partial charge in [-0.05, 0) is 70.5 Å². The average molecular weight is 624 g/mol. The lowest BCUT2D eigenvalue weighted by atomic mass is 9.84. The molecule has 2 aliphatic heterocycles. The van der Waals surface area contributed by atoms with Crippen LogP contribution in [-0.4, -0.2) is 41.8 Å². The summed E-state index contributed by atoms with van der Waals surface area (Å²) in [7, 11) is 0. The number of hydrogen-bond acceptors (Lipinski definition) is 7. The Hall–Kier alpha value is -4.99. The molecule has 9 heteroatoms. The molecule has 0 bridgehead atoms. The minimum absolute atomic E-state index is 0.0147. The zero-order chi connectivity index (χ0) is 32.0. The van der Waals surface area contributed by atoms with Crippen molar-refractivity contribution in [1.29, 1.82) is 0 Å². The summed E-state index contributed by atoms with van der Waals surface area (Å²) >= 11 is 0. The highest BCUT2D eigenvalue weighted by atomic mass is 16.7. The summed E-state index contributed by atoms with van der Waals surface area (Å²) in [6, 6.07) is 31.4. The number of nitrogens with zero attached hydrogens (tertiary/aromatic N) is 6. The molecule has 9 nitrogen and oxygen atoms in total. The van der Waals surface area contributed by atoms with Crippen molar-refractivity contribution >= 4 is 10.9 Å². The molecule has 4 aromatic carbocycles. The van der Waals surface area contributed by atoms with Crippen LogP contribution < -0.4 is 5.56 Å². The van der Waals surface area contributed by atoms with Gasteiger partial charge in [-0.25, -0.2) is 4.98 Å². The van der Waals surface area contributed by atoms with Gasteiger partial charge in [-0.3, -0.25) is 14.2 Å². The Morgan fingerprint density at radius 3 is 2.60 bits per heavy atom. The number of H-pyrrole nitrogens is 1. The van der Waals surface area contributed by atoms with Gasteiger partial charge >= 0.3 is 0 Å². The molecule has 8 rings (SSSR count). The van der Waals surface area contributed by atoms with Crippen LogP contribution in [-0.2, 0) is 29.8 Å². The number of aromatic nitrogens is 6. The lowest BCUT2D eigenvalue weighted by Gasteiger charge is -2.30. The molecular weight excluding hydrogens is 586 g/mol. The summed E-state index contributed by atoms with van der Waals surface area (Å²) < 4.78 is 1.86. The number of aryl methyl sites for hydroxylation is 1. The van der Waals surface area contributed by atoms with Crippen molar-refractivity contribution in [3.05, 3.63) is 129 Å². The van der Waals surface area contributed by atoms with Crippen LogP contribution in [0.25, 0.3) is 33.4 Å². The molecule has 0 saturated carbocycles. The van der Waals surface area contributed by atoms with E-state index in [0.29, 0.717) is 17.8 Å². The minimum Gasteiger partial charge on any atom is -0.292 e. The number of hydrogen-bond donors (Lipinski definition) is 1. The monoisotopic (exact) mass is 623 g/mol. The lowest BCUT2D eigenvalue weighted by molar-refractivity contribution is -0.206. The van der Waals surface area contributed by atoms with Crippen LogP contribution >= 0.6 is 0 Å². The highest BCUT2D eigenvalue weighted by Gasteiger charge is 2.46. The number of fused-ring (bicyclic) bond motifs is 4. The molecule has 47 heavy (non-hydrogen) atoms. The van der Waals surface area contributed by atoms with E-state index >= 15 is 0 Å². The summed E-state index contributed by atoms with van der Waals surface area (Å²) in [5.41, 5.74) is 7.93. The summed E-state index contributed by atoms with van der Waals surface area (Å²) in [6.45, 7) is 5.62. The normalized spacial score (nSPS) is 19.1. The Morgan fingerprint density at radius 1 is 0.979 bits per heavy atom. The summed E-state index contributed by atoms with van der Waals surface area (Å²) in [6.07, 6.45) is 4.54. The first-order valence-corrected chi connectivity index (χ1v) is 16.5. The van der Waals surface area contributed by atoms with Crippen molar-refractivity contribution in [2.75, 3.05) is 6.54 Å². The predicted octanol–water partition coefficient (Wildman–Crippen LogP) is 6.78. The summed E-state index contributed by atoms with van der Waals surface area (Å²) in [4.78, 5) is 26.0. The molecule has 0 amide bonds. The van der Waals surface area contributed by atoms with Gasteiger partial charge in [0.2, 0.25) is 5.82 Å². The number of unbranched alkanes of at least 4 members (excludes halogenated alkanes) is 1. The number of tetrazole rings is 1. The van der Waals surface area contributed by atoms with Gasteiger partial charge in [-0.1, -0.05) is 92.2 Å². The molecule has 1 N–H and O–H groups in total. The van der Waals surface area contributed by atoms with Crippen LogP contribution in [0.2, 0.25) is 0 Å². The van der Waals surface area contributed by atoms with Gasteiger partial charge in [0.25, 0.3) is 5.56 Å². The number of nitrogens with one attached hydrogen (secondary N) is 1. The van der Waals surface area contributed by atoms with Gasteiger partial charge in [0, 0.05) is 24.9 Å². The van der Waals surface area contributed by atoms with Gasteiger partial charge in [-0.15, -0.1) is 10.2 Å². The maximum Gasteiger partial charge on any atom is 0.261 e. The van der Waals surface area contributed by atoms with E-state index in [4.69, 9.17) is 9.82 Å². The van der Waals surface area contributed by atoms with E-state index in [1.165, 1.54) is 11.1 Å². The highest BCUT2D eigenvalue weighted by Crippen LogP contribution is 2.48. The second-order valence-electron chi connectivity index (χ2n) is 12.9. The van der Waals surface area contributed by atoms with E-state index in [9.17, 15) is 4.79 Å². The van der Waals surface area contributed by atoms with E-state index in [-0.39, 0.29) is 11.6 Å². The first kappa shape index (κ1) is 29.4. The van der Waals surface area contributed by atoms with Crippen LogP contribution in [0.5, 0.6) is 0 Å². The highest BCUT2D eigenvalue weighted by molar-refractivity contribution is 5.80. The molecule has 0 spiro atoms. The molecule has 0 aliphatic carbocycles. The van der Waals surface area contributed by atoms with Gasteiger partial charge < -0.3 is 0 Å². The molecule has 236 valence electrons. The molecule has 2 aliphatic rings. The Bertz CT molecular complexity index is 2120. The van der Waals surface area contributed by atoms with E-state index in [0.717, 1.165) is 77.8 Å². The smallest absolute Gasteiger partial charge is 0.261 e. The average Bonchev–Trinajstić information content (AvgIpc) is 3.78. The molecule has 0 radical (unpaired) electrons. The Labute approximate surface area is 273 Å². The first-order chi connectivity index (χ1) is 23.0. The topological polar surface area (TPSA) is 102 Å². The first-order valence-electron chi connectivity index (χ1n) is 16.5. The Kier molecular flexibility index (Phi) is 7.50. The molecule has 2 aromatic heterocycles. The number of benzene rings is 4. The van der Waals surface area contributed by atoms with Gasteiger partial charge in [0.1, 0.15) is 11.4 Å². The Morgan fingerprint density at radius 2 is 1.79 bits per heavy atom. The lowest BCUT2D eigenvalue weighted by Crippen LogP contribution is -2.31. The molecule has 0 unspecified atom stereocenters. The molecule has 1 fully saturated rings. The quantitative estimate of drug-likeness (QED) is 0.199. The van der Waals surface area contributed by atoms with Crippen LogP contribution in [0.1, 0.15) is 67.2 Å². The third-order valence-electron chi connectivity index (χ3n) is 9.78. The largest absolute Gasteiger partial charge is 0.292 e. The van der Waals surface area contributed by atoms with E-state index in [2.05, 4.69) is 100 Å². The molecule has 6 aromatic rings. The van der Waals surface area contributed by atoms with Crippen molar-refractivity contribution in [2.24, 2.45) is 0 Å². The maximum absolute atomic E-state index is 14.3. The van der Waals surface area contributed by atoms with E-state index in [1.807, 2.05) is 34.9 Å². The van der Waals surface area contributed by atoms with Crippen molar-refractivity contribution in [1.82, 2.24) is 35.2 Å². The van der Waals surface area contributed by atoms with Crippen LogP contribution in [0.15, 0.2) is 95.8 Å². The fraction of sp³-hybridized carbons (Fsp3) is 0.289. The fourth-order valence-electron chi connectivity index (χ4n) is 7.25. The third-order valence-corrected chi connectivity index (χ3v) is 9.78. The van der Waals surface area contributed by atoms with E-state index < -0.39 is 5.60 Å². The van der Waals surface area contributed by atoms with E-state index in [1.54, 1.807) is 0 Å². The van der Waals surface area contributed by atoms with Crippen molar-refractivity contribution in [2.45, 2.75) is 64.1 Å². The molecular formula is C38H37N7O2. The number of aromatic amines is 1.